The van der Waals surface area contributed by atoms with Crippen LogP contribution in [0, 0.1) is 13.8 Å². The van der Waals surface area contributed by atoms with Crippen LogP contribution in [0.25, 0.3) is 0 Å². The topological polar surface area (TPSA) is 59.4 Å². The van der Waals surface area contributed by atoms with E-state index >= 15 is 0 Å². The number of carbonyl (C=O) groups is 1. The van der Waals surface area contributed by atoms with E-state index in [2.05, 4.69) is 17.3 Å². The maximum absolute atomic E-state index is 12.2. The highest BCUT2D eigenvalue weighted by Gasteiger charge is 2.23. The summed E-state index contributed by atoms with van der Waals surface area (Å²) in [5.41, 5.74) is 3.72. The zero-order valence-electron chi connectivity index (χ0n) is 16.2. The van der Waals surface area contributed by atoms with Gasteiger partial charge in [0.05, 0.1) is 18.4 Å². The van der Waals surface area contributed by atoms with Crippen LogP contribution in [-0.2, 0) is 24.2 Å². The molecule has 2 aromatic heterocycles. The van der Waals surface area contributed by atoms with Crippen LogP contribution in [0.2, 0.25) is 0 Å². The van der Waals surface area contributed by atoms with Gasteiger partial charge in [-0.15, -0.1) is 11.3 Å². The zero-order chi connectivity index (χ0) is 19.4. The third-order valence-corrected chi connectivity index (χ3v) is 5.78. The van der Waals surface area contributed by atoms with Gasteiger partial charge < -0.3 is 15.0 Å². The molecule has 8 heteroatoms. The van der Waals surface area contributed by atoms with Gasteiger partial charge in [0.1, 0.15) is 5.00 Å². The summed E-state index contributed by atoms with van der Waals surface area (Å²) in [6, 6.07) is 0. The van der Waals surface area contributed by atoms with E-state index in [1.807, 2.05) is 43.6 Å². The van der Waals surface area contributed by atoms with E-state index < -0.39 is 0 Å². The molecule has 2 rings (SSSR count). The van der Waals surface area contributed by atoms with Crippen LogP contribution in [0.3, 0.4) is 0 Å². The summed E-state index contributed by atoms with van der Waals surface area (Å²) < 4.78 is 6.88. The monoisotopic (exact) mass is 394 g/mol. The summed E-state index contributed by atoms with van der Waals surface area (Å²) in [5, 5.41) is 8.99. The Labute approximate surface area is 164 Å². The standard InChI is InChI=1S/C18H26N4O2S2/c1-7-14-12(4)26-16(15(14)17(23)24-6)19-18(25)21(5)9-13-10-22(8-2)20-11(13)3/h10H,7-9H2,1-6H3,(H,19,25). The number of thiocarbonyl (C=S) groups is 1. The quantitative estimate of drug-likeness (QED) is 0.595. The molecule has 0 unspecified atom stereocenters. The maximum atomic E-state index is 12.2. The molecule has 0 aliphatic carbocycles. The molecule has 0 aliphatic heterocycles. The predicted octanol–water partition coefficient (Wildman–Crippen LogP) is 3.76. The fourth-order valence-electron chi connectivity index (χ4n) is 2.81. The summed E-state index contributed by atoms with van der Waals surface area (Å²) in [6.07, 6.45) is 2.81. The number of hydrogen-bond acceptors (Lipinski definition) is 5. The smallest absolute Gasteiger partial charge is 0.341 e. The molecule has 0 fully saturated rings. The highest BCUT2D eigenvalue weighted by molar-refractivity contribution is 7.80. The molecule has 0 saturated heterocycles. The SMILES string of the molecule is CCc1c(C)sc(NC(=S)N(C)Cc2cn(CC)nc2C)c1C(=O)OC. The van der Waals surface area contributed by atoms with Crippen LogP contribution < -0.4 is 5.32 Å². The van der Waals surface area contributed by atoms with E-state index in [0.29, 0.717) is 17.2 Å². The number of aryl methyl sites for hydroxylation is 3. The van der Waals surface area contributed by atoms with E-state index in [0.717, 1.165) is 39.7 Å². The van der Waals surface area contributed by atoms with Crippen LogP contribution in [0.5, 0.6) is 0 Å². The van der Waals surface area contributed by atoms with Gasteiger partial charge in [0.2, 0.25) is 0 Å². The number of esters is 1. The first kappa shape index (κ1) is 20.4. The molecule has 0 saturated carbocycles. The number of aromatic nitrogens is 2. The average molecular weight is 395 g/mol. The largest absolute Gasteiger partial charge is 0.465 e. The fourth-order valence-corrected chi connectivity index (χ4v) is 4.17. The lowest BCUT2D eigenvalue weighted by atomic mass is 10.1. The highest BCUT2D eigenvalue weighted by Crippen LogP contribution is 2.34. The summed E-state index contributed by atoms with van der Waals surface area (Å²) in [7, 11) is 3.33. The Morgan fingerprint density at radius 1 is 1.42 bits per heavy atom. The third-order valence-electron chi connectivity index (χ3n) is 4.30. The molecule has 2 aromatic rings. The Hall–Kier alpha value is -1.93. The molecule has 2 heterocycles. The van der Waals surface area contributed by atoms with Gasteiger partial charge in [0.15, 0.2) is 5.11 Å². The molecule has 6 nitrogen and oxygen atoms in total. The van der Waals surface area contributed by atoms with Crippen molar-refractivity contribution in [1.82, 2.24) is 14.7 Å². The number of methoxy groups -OCH3 is 1. The summed E-state index contributed by atoms with van der Waals surface area (Å²) >= 11 is 7.08. The number of nitrogens with one attached hydrogen (secondary N) is 1. The van der Waals surface area contributed by atoms with Crippen LogP contribution in [-0.4, -0.2) is 39.9 Å². The Bertz CT molecular complexity index is 810. The molecule has 0 aliphatic rings. The van der Waals surface area contributed by atoms with Crippen molar-refractivity contribution >= 4 is 39.6 Å². The molecule has 0 spiro atoms. The molecule has 26 heavy (non-hydrogen) atoms. The minimum atomic E-state index is -0.334. The molecular formula is C18H26N4O2S2. The molecular weight excluding hydrogens is 368 g/mol. The van der Waals surface area contributed by atoms with Crippen molar-refractivity contribution < 1.29 is 9.53 Å². The Morgan fingerprint density at radius 2 is 2.12 bits per heavy atom. The summed E-state index contributed by atoms with van der Waals surface area (Å²) in [6.45, 7) is 9.59. The summed E-state index contributed by atoms with van der Waals surface area (Å²) in [4.78, 5) is 15.3. The molecule has 0 aromatic carbocycles. The van der Waals surface area contributed by atoms with Crippen molar-refractivity contribution in [3.63, 3.8) is 0 Å². The Morgan fingerprint density at radius 3 is 2.65 bits per heavy atom. The van der Waals surface area contributed by atoms with Gasteiger partial charge >= 0.3 is 5.97 Å². The maximum Gasteiger partial charge on any atom is 0.341 e. The van der Waals surface area contributed by atoms with E-state index in [9.17, 15) is 4.79 Å². The minimum absolute atomic E-state index is 0.334. The second-order valence-corrected chi connectivity index (χ2v) is 7.68. The van der Waals surface area contributed by atoms with Crippen molar-refractivity contribution in [1.29, 1.82) is 0 Å². The lowest BCUT2D eigenvalue weighted by Gasteiger charge is -2.20. The first-order valence-corrected chi connectivity index (χ1v) is 9.80. The third kappa shape index (κ3) is 4.24. The Kier molecular flexibility index (Phi) is 6.77. The lowest BCUT2D eigenvalue weighted by Crippen LogP contribution is -2.31. The first-order valence-electron chi connectivity index (χ1n) is 8.57. The van der Waals surface area contributed by atoms with Crippen LogP contribution in [0.4, 0.5) is 5.00 Å². The lowest BCUT2D eigenvalue weighted by molar-refractivity contribution is 0.0601. The molecule has 0 amide bonds. The predicted molar refractivity (Wildman–Crippen MR) is 110 cm³/mol. The van der Waals surface area contributed by atoms with Gasteiger partial charge in [-0.2, -0.15) is 5.10 Å². The van der Waals surface area contributed by atoms with Crippen molar-refractivity contribution in [3.05, 3.63) is 33.5 Å². The van der Waals surface area contributed by atoms with Crippen LogP contribution in [0.15, 0.2) is 6.20 Å². The van der Waals surface area contributed by atoms with Crippen LogP contribution >= 0.6 is 23.6 Å². The van der Waals surface area contributed by atoms with Crippen molar-refractivity contribution in [2.75, 3.05) is 19.5 Å². The van der Waals surface area contributed by atoms with Gasteiger partial charge in [0, 0.05) is 36.8 Å². The van der Waals surface area contributed by atoms with Crippen molar-refractivity contribution in [2.24, 2.45) is 0 Å². The average Bonchev–Trinajstić information content (AvgIpc) is 3.13. The second-order valence-electron chi connectivity index (χ2n) is 6.07. The number of hydrogen-bond donors (Lipinski definition) is 1. The number of ether oxygens (including phenoxy) is 1. The van der Waals surface area contributed by atoms with Crippen LogP contribution in [0.1, 0.15) is 45.9 Å². The van der Waals surface area contributed by atoms with Gasteiger partial charge in [-0.05, 0) is 45.0 Å². The summed E-state index contributed by atoms with van der Waals surface area (Å²) in [5.74, 6) is -0.334. The van der Waals surface area contributed by atoms with E-state index in [1.54, 1.807) is 0 Å². The van der Waals surface area contributed by atoms with E-state index in [4.69, 9.17) is 17.0 Å². The Balaban J connectivity index is 2.18. The molecule has 0 radical (unpaired) electrons. The fraction of sp³-hybridized carbons (Fsp3) is 0.500. The van der Waals surface area contributed by atoms with E-state index in [-0.39, 0.29) is 5.97 Å². The number of carbonyl (C=O) groups excluding carboxylic acids is 1. The molecule has 0 atom stereocenters. The highest BCUT2D eigenvalue weighted by atomic mass is 32.1. The number of thiophene rings is 1. The van der Waals surface area contributed by atoms with Gasteiger partial charge in [-0.25, -0.2) is 4.79 Å². The second kappa shape index (κ2) is 8.64. The first-order chi connectivity index (χ1) is 12.3. The molecule has 142 valence electrons. The normalized spacial score (nSPS) is 10.7. The van der Waals surface area contributed by atoms with Crippen molar-refractivity contribution in [2.45, 2.75) is 47.2 Å². The van der Waals surface area contributed by atoms with Gasteiger partial charge in [-0.3, -0.25) is 4.68 Å². The van der Waals surface area contributed by atoms with E-state index in [1.165, 1.54) is 18.4 Å². The van der Waals surface area contributed by atoms with Gasteiger partial charge in [0.25, 0.3) is 0 Å². The number of nitrogens with zero attached hydrogens (tertiary/aromatic N) is 3. The molecule has 1 N–H and O–H groups in total. The van der Waals surface area contributed by atoms with Gasteiger partial charge in [-0.1, -0.05) is 6.92 Å². The number of rotatable bonds is 6. The van der Waals surface area contributed by atoms with Crippen molar-refractivity contribution in [3.8, 4) is 0 Å². The minimum Gasteiger partial charge on any atom is -0.465 e. The zero-order valence-corrected chi connectivity index (χ0v) is 17.8. The molecule has 0 bridgehead atoms. The number of anilines is 1.